The van der Waals surface area contributed by atoms with E-state index >= 15 is 0 Å². The average Bonchev–Trinajstić information content (AvgIpc) is 3.47. The molecule has 1 heterocycles. The quantitative estimate of drug-likeness (QED) is 0.200. The van der Waals surface area contributed by atoms with Gasteiger partial charge in [-0.25, -0.2) is 0 Å². The first-order chi connectivity index (χ1) is 16.0. The fourth-order valence-corrected chi connectivity index (χ4v) is 5.93. The van der Waals surface area contributed by atoms with Crippen molar-refractivity contribution in [3.8, 4) is 11.5 Å². The Labute approximate surface area is 210 Å². The van der Waals surface area contributed by atoms with Crippen LogP contribution in [0.4, 0.5) is 0 Å². The van der Waals surface area contributed by atoms with Crippen LogP contribution in [0.1, 0.15) is 24.5 Å². The normalized spacial score (nSPS) is 25.4. The molecule has 0 radical (unpaired) electrons. The zero-order valence-corrected chi connectivity index (χ0v) is 20.8. The van der Waals surface area contributed by atoms with E-state index in [1.165, 1.54) is 6.21 Å². The van der Waals surface area contributed by atoms with Gasteiger partial charge in [-0.2, -0.15) is 10.1 Å². The topological polar surface area (TPSA) is 68.2 Å². The van der Waals surface area contributed by atoms with Gasteiger partial charge in [0.05, 0.1) is 28.2 Å². The minimum absolute atomic E-state index is 0.164. The number of amides is 2. The maximum Gasteiger partial charge on any atom is 0.254 e. The molecule has 2 fully saturated rings. The average molecular weight is 577 g/mol. The fourth-order valence-electron chi connectivity index (χ4n) is 4.96. The van der Waals surface area contributed by atoms with Crippen molar-refractivity contribution in [2.75, 3.05) is 6.61 Å². The van der Waals surface area contributed by atoms with Gasteiger partial charge in [0.2, 0.25) is 0 Å². The molecule has 0 N–H and O–H groups in total. The molecule has 33 heavy (non-hydrogen) atoms. The molecule has 2 aromatic rings. The molecule has 2 aliphatic carbocycles. The Bertz CT molecular complexity index is 1150. The molecule has 0 aromatic heterocycles. The van der Waals surface area contributed by atoms with Crippen LogP contribution in [0, 0.1) is 27.2 Å². The highest BCUT2D eigenvalue weighted by atomic mass is 127. The van der Waals surface area contributed by atoms with Crippen molar-refractivity contribution in [2.45, 2.75) is 20.0 Å². The molecule has 8 heteroatoms. The molecular formula is C25H22ClIN2O4. The number of nitrogens with zero attached hydrogens (tertiary/aromatic N) is 2. The van der Waals surface area contributed by atoms with Crippen molar-refractivity contribution in [1.29, 1.82) is 0 Å². The summed E-state index contributed by atoms with van der Waals surface area (Å²) in [5.74, 6) is 0.591. The standard InChI is InChI=1S/C25H22ClIN2O4/c1-2-32-20-10-14(9-19(27)23(20)33-13-17-5-3-4-6-18(17)26)12-28-29-24(30)21-15-7-8-16(11-15)22(21)25(29)31/h3-10,12,15-16,21-22H,2,11,13H2,1H3/b28-12-/t15-,16-,21-,22-/m0/s1. The summed E-state index contributed by atoms with van der Waals surface area (Å²) < 4.78 is 12.7. The lowest BCUT2D eigenvalue weighted by atomic mass is 9.85. The van der Waals surface area contributed by atoms with E-state index in [-0.39, 0.29) is 35.5 Å². The minimum Gasteiger partial charge on any atom is -0.490 e. The van der Waals surface area contributed by atoms with E-state index < -0.39 is 0 Å². The number of halogens is 2. The second kappa shape index (κ2) is 9.10. The van der Waals surface area contributed by atoms with Gasteiger partial charge in [0.1, 0.15) is 6.61 Å². The van der Waals surface area contributed by atoms with E-state index in [0.29, 0.717) is 35.3 Å². The summed E-state index contributed by atoms with van der Waals surface area (Å²) in [5.41, 5.74) is 1.59. The third-order valence-electron chi connectivity index (χ3n) is 6.43. The first-order valence-electron chi connectivity index (χ1n) is 10.9. The minimum atomic E-state index is -0.260. The van der Waals surface area contributed by atoms with Gasteiger partial charge >= 0.3 is 0 Å². The molecule has 5 rings (SSSR count). The number of imide groups is 1. The van der Waals surface area contributed by atoms with E-state index in [2.05, 4.69) is 39.8 Å². The lowest BCUT2D eigenvalue weighted by Crippen LogP contribution is -2.28. The van der Waals surface area contributed by atoms with Crippen LogP contribution in [-0.4, -0.2) is 29.6 Å². The number of benzene rings is 2. The Balaban J connectivity index is 1.36. The van der Waals surface area contributed by atoms with Crippen molar-refractivity contribution < 1.29 is 19.1 Å². The van der Waals surface area contributed by atoms with Crippen LogP contribution in [0.3, 0.4) is 0 Å². The van der Waals surface area contributed by atoms with E-state index in [1.54, 1.807) is 6.07 Å². The molecule has 1 saturated carbocycles. The molecule has 1 saturated heterocycles. The number of fused-ring (bicyclic) bond motifs is 5. The van der Waals surface area contributed by atoms with Crippen LogP contribution in [0.2, 0.25) is 5.02 Å². The van der Waals surface area contributed by atoms with Crippen LogP contribution >= 0.6 is 34.2 Å². The highest BCUT2D eigenvalue weighted by molar-refractivity contribution is 14.1. The molecule has 170 valence electrons. The summed E-state index contributed by atoms with van der Waals surface area (Å²) in [6.07, 6.45) is 6.58. The van der Waals surface area contributed by atoms with Crippen molar-refractivity contribution >= 4 is 52.2 Å². The number of carbonyl (C=O) groups is 2. The Morgan fingerprint density at radius 2 is 1.82 bits per heavy atom. The molecular weight excluding hydrogens is 555 g/mol. The third kappa shape index (κ3) is 4.05. The molecule has 2 bridgehead atoms. The largest absolute Gasteiger partial charge is 0.490 e. The second-order valence-electron chi connectivity index (χ2n) is 8.38. The molecule has 0 spiro atoms. The summed E-state index contributed by atoms with van der Waals surface area (Å²) in [4.78, 5) is 25.7. The lowest BCUT2D eigenvalue weighted by Gasteiger charge is -2.15. The zero-order chi connectivity index (χ0) is 23.1. The zero-order valence-electron chi connectivity index (χ0n) is 17.9. The Morgan fingerprint density at radius 1 is 1.12 bits per heavy atom. The van der Waals surface area contributed by atoms with E-state index in [9.17, 15) is 9.59 Å². The van der Waals surface area contributed by atoms with Gasteiger partial charge in [0, 0.05) is 10.6 Å². The Morgan fingerprint density at radius 3 is 2.48 bits per heavy atom. The maximum atomic E-state index is 12.8. The van der Waals surface area contributed by atoms with Crippen molar-refractivity contribution in [3.05, 3.63) is 68.3 Å². The molecule has 2 aromatic carbocycles. The van der Waals surface area contributed by atoms with E-state index in [4.69, 9.17) is 21.1 Å². The molecule has 0 unspecified atom stereocenters. The van der Waals surface area contributed by atoms with Crippen LogP contribution in [0.15, 0.2) is 53.7 Å². The number of ether oxygens (including phenoxy) is 2. The third-order valence-corrected chi connectivity index (χ3v) is 7.60. The van der Waals surface area contributed by atoms with Crippen LogP contribution < -0.4 is 9.47 Å². The smallest absolute Gasteiger partial charge is 0.254 e. The summed E-state index contributed by atoms with van der Waals surface area (Å²) in [5, 5.41) is 5.97. The van der Waals surface area contributed by atoms with Crippen molar-refractivity contribution in [2.24, 2.45) is 28.8 Å². The van der Waals surface area contributed by atoms with Gasteiger partial charge in [-0.3, -0.25) is 9.59 Å². The van der Waals surface area contributed by atoms with Gasteiger partial charge in [0.25, 0.3) is 11.8 Å². The van der Waals surface area contributed by atoms with Gasteiger partial charge < -0.3 is 9.47 Å². The predicted octanol–water partition coefficient (Wildman–Crippen LogP) is 5.06. The molecule has 1 aliphatic heterocycles. The van der Waals surface area contributed by atoms with Crippen LogP contribution in [0.5, 0.6) is 11.5 Å². The number of hydrogen-bond acceptors (Lipinski definition) is 5. The number of carbonyl (C=O) groups excluding carboxylic acids is 2. The maximum absolute atomic E-state index is 12.8. The monoisotopic (exact) mass is 576 g/mol. The number of hydrazone groups is 1. The van der Waals surface area contributed by atoms with Gasteiger partial charge in [-0.15, -0.1) is 0 Å². The molecule has 4 atom stereocenters. The molecule has 6 nitrogen and oxygen atoms in total. The highest BCUT2D eigenvalue weighted by Gasteiger charge is 2.59. The summed E-state index contributed by atoms with van der Waals surface area (Å²) in [7, 11) is 0. The SMILES string of the molecule is CCOc1cc(/C=N\N2C(=O)[C@@H]3[C@@H](C2=O)[C@H]2C=C[C@H]3C2)cc(I)c1OCc1ccccc1Cl. The van der Waals surface area contributed by atoms with Crippen molar-refractivity contribution in [1.82, 2.24) is 5.01 Å². The second-order valence-corrected chi connectivity index (χ2v) is 9.95. The summed E-state index contributed by atoms with van der Waals surface area (Å²) in [6.45, 7) is 2.66. The van der Waals surface area contributed by atoms with Gasteiger partial charge in [0.15, 0.2) is 11.5 Å². The number of rotatable bonds is 7. The summed E-state index contributed by atoms with van der Waals surface area (Å²) in [6, 6.07) is 11.2. The summed E-state index contributed by atoms with van der Waals surface area (Å²) >= 11 is 8.43. The molecule has 2 amide bonds. The predicted molar refractivity (Wildman–Crippen MR) is 133 cm³/mol. The van der Waals surface area contributed by atoms with Crippen LogP contribution in [-0.2, 0) is 16.2 Å². The van der Waals surface area contributed by atoms with Crippen LogP contribution in [0.25, 0.3) is 0 Å². The van der Waals surface area contributed by atoms with Crippen molar-refractivity contribution in [3.63, 3.8) is 0 Å². The van der Waals surface area contributed by atoms with Gasteiger partial charge in [-0.1, -0.05) is 42.0 Å². The Kier molecular flexibility index (Phi) is 6.18. The first kappa shape index (κ1) is 22.4. The molecule has 3 aliphatic rings. The van der Waals surface area contributed by atoms with E-state index in [1.807, 2.05) is 37.3 Å². The highest BCUT2D eigenvalue weighted by Crippen LogP contribution is 2.52. The number of allylic oxidation sites excluding steroid dienone is 2. The lowest BCUT2D eigenvalue weighted by molar-refractivity contribution is -0.140. The fraction of sp³-hybridized carbons (Fsp3) is 0.320. The van der Waals surface area contributed by atoms with Gasteiger partial charge in [-0.05, 0) is 71.5 Å². The number of hydrogen-bond donors (Lipinski definition) is 0. The first-order valence-corrected chi connectivity index (χ1v) is 12.4. The van der Waals surface area contributed by atoms with E-state index in [0.717, 1.165) is 20.6 Å². The Hall–Kier alpha value is -2.39.